The summed E-state index contributed by atoms with van der Waals surface area (Å²) >= 11 is 0. The van der Waals surface area contributed by atoms with Crippen LogP contribution in [0.15, 0.2) is 16.8 Å². The highest BCUT2D eigenvalue weighted by Crippen LogP contribution is 2.18. The first kappa shape index (κ1) is 14.4. The minimum absolute atomic E-state index is 0.573. The molecule has 15 heavy (non-hydrogen) atoms. The number of hydrogen-bond donors (Lipinski definition) is 0. The van der Waals surface area contributed by atoms with Crippen LogP contribution in [0.1, 0.15) is 47.0 Å². The van der Waals surface area contributed by atoms with Gasteiger partial charge in [-0.2, -0.15) is 0 Å². The lowest BCUT2D eigenvalue weighted by Gasteiger charge is -2.17. The van der Waals surface area contributed by atoms with Crippen LogP contribution in [-0.4, -0.2) is 19.4 Å². The highest BCUT2D eigenvalue weighted by molar-refractivity contribution is 5.87. The molecule has 0 aromatic carbocycles. The molecule has 1 unspecified atom stereocenters. The number of methoxy groups -OCH3 is 1. The van der Waals surface area contributed by atoms with Gasteiger partial charge in [-0.3, -0.25) is 4.99 Å². The van der Waals surface area contributed by atoms with Gasteiger partial charge in [0.2, 0.25) is 0 Å². The standard InChI is InChI=1S/C11H19NO.C2H6/c1-9-4-5-11(12-8-9)10(2)6-7-13-3;1-2/h8,10H,4-7H2,1-3H3;1-2H3. The fraction of sp³-hybridized carbons (Fsp3) is 0.769. The van der Waals surface area contributed by atoms with Gasteiger partial charge in [-0.1, -0.05) is 26.3 Å². The highest BCUT2D eigenvalue weighted by atomic mass is 16.5. The molecule has 1 atom stereocenters. The first-order valence-electron chi connectivity index (χ1n) is 5.95. The molecule has 0 aromatic heterocycles. The zero-order valence-corrected chi connectivity index (χ0v) is 10.8. The average Bonchev–Trinajstić information content (AvgIpc) is 2.29. The Morgan fingerprint density at radius 1 is 1.40 bits per heavy atom. The van der Waals surface area contributed by atoms with Crippen molar-refractivity contribution in [1.29, 1.82) is 0 Å². The molecule has 0 N–H and O–H groups in total. The topological polar surface area (TPSA) is 21.6 Å². The van der Waals surface area contributed by atoms with Crippen LogP contribution in [0.4, 0.5) is 0 Å². The van der Waals surface area contributed by atoms with E-state index in [1.165, 1.54) is 17.7 Å². The molecular formula is C13H25NO. The van der Waals surface area contributed by atoms with Crippen molar-refractivity contribution >= 4 is 5.71 Å². The molecule has 0 bridgehead atoms. The van der Waals surface area contributed by atoms with Gasteiger partial charge in [0, 0.05) is 25.6 Å². The van der Waals surface area contributed by atoms with Crippen molar-refractivity contribution in [2.24, 2.45) is 10.9 Å². The second kappa shape index (κ2) is 8.66. The highest BCUT2D eigenvalue weighted by Gasteiger charge is 2.12. The van der Waals surface area contributed by atoms with Crippen LogP contribution in [0.5, 0.6) is 0 Å². The minimum atomic E-state index is 0.573. The Balaban J connectivity index is 0.000000921. The third-order valence-corrected chi connectivity index (χ3v) is 2.55. The maximum atomic E-state index is 5.05. The Hall–Kier alpha value is -0.630. The number of rotatable bonds is 4. The molecule has 0 aromatic rings. The van der Waals surface area contributed by atoms with Crippen LogP contribution in [0.3, 0.4) is 0 Å². The fourth-order valence-corrected chi connectivity index (χ4v) is 1.48. The summed E-state index contributed by atoms with van der Waals surface area (Å²) < 4.78 is 5.05. The number of allylic oxidation sites excluding steroid dienone is 1. The summed E-state index contributed by atoms with van der Waals surface area (Å²) in [6.07, 6.45) is 5.40. The molecule has 1 rings (SSSR count). The van der Waals surface area contributed by atoms with Gasteiger partial charge in [-0.15, -0.1) is 0 Å². The Bertz CT molecular complexity index is 219. The lowest BCUT2D eigenvalue weighted by Crippen LogP contribution is -2.15. The van der Waals surface area contributed by atoms with E-state index in [1.807, 2.05) is 20.0 Å². The van der Waals surface area contributed by atoms with Gasteiger partial charge in [-0.25, -0.2) is 0 Å². The fourth-order valence-electron chi connectivity index (χ4n) is 1.48. The van der Waals surface area contributed by atoms with Crippen LogP contribution in [0.2, 0.25) is 0 Å². The predicted octanol–water partition coefficient (Wildman–Crippen LogP) is 3.82. The molecule has 0 radical (unpaired) electrons. The average molecular weight is 211 g/mol. The molecule has 2 heteroatoms. The Kier molecular flexibility index (Phi) is 8.30. The zero-order valence-electron chi connectivity index (χ0n) is 10.8. The SMILES string of the molecule is CC.COCCC(C)C1=NC=C(C)CC1. The number of aliphatic imine (C=N–C) groups is 1. The second-order valence-electron chi connectivity index (χ2n) is 3.78. The van der Waals surface area contributed by atoms with Crippen LogP contribution in [0.25, 0.3) is 0 Å². The third-order valence-electron chi connectivity index (χ3n) is 2.55. The molecule has 1 aliphatic heterocycles. The number of ether oxygens (including phenoxy) is 1. The monoisotopic (exact) mass is 211 g/mol. The Morgan fingerprint density at radius 2 is 2.07 bits per heavy atom. The van der Waals surface area contributed by atoms with Crippen molar-refractivity contribution in [1.82, 2.24) is 0 Å². The van der Waals surface area contributed by atoms with Crippen LogP contribution >= 0.6 is 0 Å². The molecule has 0 fully saturated rings. The first-order chi connectivity index (χ1) is 7.24. The van der Waals surface area contributed by atoms with E-state index in [2.05, 4.69) is 18.8 Å². The molecular weight excluding hydrogens is 186 g/mol. The molecule has 2 nitrogen and oxygen atoms in total. The molecule has 0 saturated heterocycles. The molecule has 0 saturated carbocycles. The lowest BCUT2D eigenvalue weighted by atomic mass is 9.95. The smallest absolute Gasteiger partial charge is 0.0468 e. The van der Waals surface area contributed by atoms with Crippen LogP contribution < -0.4 is 0 Å². The second-order valence-corrected chi connectivity index (χ2v) is 3.78. The number of nitrogens with zero attached hydrogens (tertiary/aromatic N) is 1. The van der Waals surface area contributed by atoms with Gasteiger partial charge in [0.15, 0.2) is 0 Å². The molecule has 88 valence electrons. The quantitative estimate of drug-likeness (QED) is 0.692. The normalized spacial score (nSPS) is 17.1. The van der Waals surface area contributed by atoms with Gasteiger partial charge in [0.05, 0.1) is 0 Å². The molecule has 0 amide bonds. The van der Waals surface area contributed by atoms with E-state index in [0.717, 1.165) is 19.4 Å². The maximum absolute atomic E-state index is 5.05. The first-order valence-corrected chi connectivity index (χ1v) is 5.95. The van der Waals surface area contributed by atoms with Crippen molar-refractivity contribution in [2.75, 3.05) is 13.7 Å². The van der Waals surface area contributed by atoms with E-state index < -0.39 is 0 Å². The van der Waals surface area contributed by atoms with Crippen molar-refractivity contribution in [3.05, 3.63) is 11.8 Å². The van der Waals surface area contributed by atoms with Crippen LogP contribution in [-0.2, 0) is 4.74 Å². The van der Waals surface area contributed by atoms with Gasteiger partial charge in [0.1, 0.15) is 0 Å². The molecule has 1 heterocycles. The largest absolute Gasteiger partial charge is 0.385 e. The molecule has 1 aliphatic rings. The lowest BCUT2D eigenvalue weighted by molar-refractivity contribution is 0.188. The van der Waals surface area contributed by atoms with Gasteiger partial charge in [0.25, 0.3) is 0 Å². The Labute approximate surface area is 94.4 Å². The summed E-state index contributed by atoms with van der Waals surface area (Å²) in [5.41, 5.74) is 2.73. The van der Waals surface area contributed by atoms with Crippen molar-refractivity contribution in [3.8, 4) is 0 Å². The minimum Gasteiger partial charge on any atom is -0.385 e. The number of hydrogen-bond acceptors (Lipinski definition) is 2. The zero-order chi connectivity index (χ0) is 11.7. The van der Waals surface area contributed by atoms with Crippen LogP contribution in [0, 0.1) is 5.92 Å². The van der Waals surface area contributed by atoms with E-state index in [4.69, 9.17) is 4.74 Å². The third kappa shape index (κ3) is 5.73. The molecule has 0 spiro atoms. The summed E-state index contributed by atoms with van der Waals surface area (Å²) in [5, 5.41) is 0. The summed E-state index contributed by atoms with van der Waals surface area (Å²) in [6.45, 7) is 9.20. The Morgan fingerprint density at radius 3 is 2.53 bits per heavy atom. The summed E-state index contributed by atoms with van der Waals surface area (Å²) in [5.74, 6) is 0.573. The van der Waals surface area contributed by atoms with Crippen molar-refractivity contribution in [3.63, 3.8) is 0 Å². The maximum Gasteiger partial charge on any atom is 0.0468 e. The van der Waals surface area contributed by atoms with Gasteiger partial charge >= 0.3 is 0 Å². The molecule has 0 aliphatic carbocycles. The summed E-state index contributed by atoms with van der Waals surface area (Å²) in [4.78, 5) is 4.46. The van der Waals surface area contributed by atoms with E-state index in [1.54, 1.807) is 7.11 Å². The predicted molar refractivity (Wildman–Crippen MR) is 67.4 cm³/mol. The van der Waals surface area contributed by atoms with E-state index in [0.29, 0.717) is 5.92 Å². The van der Waals surface area contributed by atoms with E-state index in [9.17, 15) is 0 Å². The summed E-state index contributed by atoms with van der Waals surface area (Å²) in [6, 6.07) is 0. The van der Waals surface area contributed by atoms with E-state index >= 15 is 0 Å². The summed E-state index contributed by atoms with van der Waals surface area (Å²) in [7, 11) is 1.75. The van der Waals surface area contributed by atoms with Gasteiger partial charge < -0.3 is 4.74 Å². The van der Waals surface area contributed by atoms with E-state index in [-0.39, 0.29) is 0 Å². The van der Waals surface area contributed by atoms with Crippen molar-refractivity contribution < 1.29 is 4.74 Å². The van der Waals surface area contributed by atoms with Gasteiger partial charge in [-0.05, 0) is 32.1 Å². The van der Waals surface area contributed by atoms with Crippen molar-refractivity contribution in [2.45, 2.75) is 47.0 Å².